The lowest BCUT2D eigenvalue weighted by Gasteiger charge is -2.25. The Morgan fingerprint density at radius 2 is 2.20 bits per heavy atom. The highest BCUT2D eigenvalue weighted by Gasteiger charge is 2.29. The third-order valence-electron chi connectivity index (χ3n) is 4.16. The number of aromatic nitrogens is 1. The van der Waals surface area contributed by atoms with Gasteiger partial charge >= 0.3 is 0 Å². The minimum Gasteiger partial charge on any atom is -0.351 e. The minimum absolute atomic E-state index is 0.241. The topological polar surface area (TPSA) is 86.3 Å². The highest BCUT2D eigenvalue weighted by molar-refractivity contribution is 6.31. The van der Waals surface area contributed by atoms with Crippen LogP contribution in [-0.2, 0) is 4.79 Å². The molecule has 2 amide bonds. The van der Waals surface area contributed by atoms with E-state index in [9.17, 15) is 9.59 Å². The van der Waals surface area contributed by atoms with Crippen molar-refractivity contribution in [2.24, 2.45) is 4.99 Å². The first kappa shape index (κ1) is 15.7. The van der Waals surface area contributed by atoms with Crippen molar-refractivity contribution in [2.45, 2.75) is 18.5 Å². The number of benzene rings is 1. The summed E-state index contributed by atoms with van der Waals surface area (Å²) in [5.74, 6) is -0.626. The second-order valence-electron chi connectivity index (χ2n) is 5.92. The molecule has 7 heteroatoms. The number of aromatic amines is 1. The first-order chi connectivity index (χ1) is 12.1. The van der Waals surface area contributed by atoms with E-state index in [1.165, 1.54) is 0 Å². The average Bonchev–Trinajstić information content (AvgIpc) is 2.88. The Balaban J connectivity index is 1.58. The van der Waals surface area contributed by atoms with Crippen LogP contribution in [0.3, 0.4) is 0 Å². The molecule has 0 saturated heterocycles. The van der Waals surface area contributed by atoms with Crippen molar-refractivity contribution in [3.05, 3.63) is 58.9 Å². The van der Waals surface area contributed by atoms with Crippen molar-refractivity contribution >= 4 is 40.5 Å². The molecule has 1 aromatic heterocycles. The van der Waals surface area contributed by atoms with Gasteiger partial charge in [-0.1, -0.05) is 23.8 Å². The van der Waals surface area contributed by atoms with E-state index >= 15 is 0 Å². The molecule has 4 rings (SSSR count). The van der Waals surface area contributed by atoms with Crippen LogP contribution < -0.4 is 10.6 Å². The van der Waals surface area contributed by atoms with Crippen LogP contribution in [0.1, 0.15) is 16.9 Å². The number of fused-ring (bicyclic) bond motifs is 2. The molecule has 1 aromatic carbocycles. The van der Waals surface area contributed by atoms with Gasteiger partial charge in [-0.3, -0.25) is 14.6 Å². The lowest BCUT2D eigenvalue weighted by atomic mass is 10.0. The summed E-state index contributed by atoms with van der Waals surface area (Å²) in [5.41, 5.74) is 1.90. The van der Waals surface area contributed by atoms with Crippen LogP contribution >= 0.6 is 11.6 Å². The number of carbonyl (C=O) groups is 2. The van der Waals surface area contributed by atoms with Crippen LogP contribution in [0.2, 0.25) is 5.02 Å². The third-order valence-corrected chi connectivity index (χ3v) is 4.40. The molecule has 3 heterocycles. The molecule has 25 heavy (non-hydrogen) atoms. The van der Waals surface area contributed by atoms with Crippen molar-refractivity contribution in [1.82, 2.24) is 15.6 Å². The summed E-state index contributed by atoms with van der Waals surface area (Å²) in [4.78, 5) is 32.1. The van der Waals surface area contributed by atoms with E-state index in [2.05, 4.69) is 20.6 Å². The summed E-state index contributed by atoms with van der Waals surface area (Å²) in [5, 5.41) is 7.01. The number of carbonyl (C=O) groups excluding carboxylic acids is 2. The number of halogens is 1. The van der Waals surface area contributed by atoms with Crippen molar-refractivity contribution < 1.29 is 9.59 Å². The summed E-state index contributed by atoms with van der Waals surface area (Å²) in [7, 11) is 0. The smallest absolute Gasteiger partial charge is 0.268 e. The predicted molar refractivity (Wildman–Crippen MR) is 96.8 cm³/mol. The number of hydrogen-bond donors (Lipinski definition) is 3. The van der Waals surface area contributed by atoms with E-state index in [0.29, 0.717) is 10.7 Å². The molecule has 0 bridgehead atoms. The number of aliphatic imine (C=N–C) groups is 1. The summed E-state index contributed by atoms with van der Waals surface area (Å²) in [6, 6.07) is 6.03. The molecule has 0 fully saturated rings. The van der Waals surface area contributed by atoms with Gasteiger partial charge in [0.05, 0.1) is 11.7 Å². The largest absolute Gasteiger partial charge is 0.351 e. The van der Waals surface area contributed by atoms with Gasteiger partial charge in [-0.25, -0.2) is 0 Å². The monoisotopic (exact) mass is 354 g/mol. The number of nitrogens with one attached hydrogen (secondary N) is 3. The average molecular weight is 355 g/mol. The molecule has 6 nitrogen and oxygen atoms in total. The van der Waals surface area contributed by atoms with Crippen molar-refractivity contribution in [3.63, 3.8) is 0 Å². The van der Waals surface area contributed by atoms with Crippen molar-refractivity contribution in [1.29, 1.82) is 0 Å². The molecule has 0 spiro atoms. The second-order valence-corrected chi connectivity index (χ2v) is 6.36. The fourth-order valence-electron chi connectivity index (χ4n) is 2.92. The van der Waals surface area contributed by atoms with Gasteiger partial charge in [0.1, 0.15) is 11.7 Å². The minimum atomic E-state index is -0.766. The maximum atomic E-state index is 12.5. The van der Waals surface area contributed by atoms with Crippen molar-refractivity contribution in [3.8, 4) is 0 Å². The molecule has 0 saturated carbocycles. The highest BCUT2D eigenvalue weighted by Crippen LogP contribution is 2.20. The van der Waals surface area contributed by atoms with Gasteiger partial charge in [0.25, 0.3) is 5.91 Å². The molecule has 2 unspecified atom stereocenters. The van der Waals surface area contributed by atoms with Gasteiger partial charge in [-0.2, -0.15) is 0 Å². The van der Waals surface area contributed by atoms with Gasteiger partial charge in [-0.15, -0.1) is 0 Å². The zero-order valence-electron chi connectivity index (χ0n) is 13.1. The van der Waals surface area contributed by atoms with Crippen LogP contribution in [0.5, 0.6) is 0 Å². The molecule has 2 aromatic rings. The summed E-state index contributed by atoms with van der Waals surface area (Å²) in [6.45, 7) is 0. The zero-order chi connectivity index (χ0) is 17.4. The fraction of sp³-hybridized carbons (Fsp3) is 0.167. The van der Waals surface area contributed by atoms with E-state index in [1.807, 2.05) is 12.2 Å². The van der Waals surface area contributed by atoms with E-state index < -0.39 is 6.04 Å². The number of nitrogens with zero attached hydrogens (tertiary/aromatic N) is 1. The van der Waals surface area contributed by atoms with Gasteiger partial charge in [0.2, 0.25) is 5.91 Å². The Hall–Kier alpha value is -2.86. The van der Waals surface area contributed by atoms with Gasteiger partial charge in [-0.05, 0) is 30.3 Å². The Kier molecular flexibility index (Phi) is 3.89. The van der Waals surface area contributed by atoms with Crippen LogP contribution in [-0.4, -0.2) is 35.1 Å². The Bertz CT molecular complexity index is 957. The number of hydrogen-bond acceptors (Lipinski definition) is 3. The summed E-state index contributed by atoms with van der Waals surface area (Å²) < 4.78 is 0. The molecule has 2 atom stereocenters. The molecule has 0 aliphatic carbocycles. The normalized spacial score (nSPS) is 22.1. The quantitative estimate of drug-likeness (QED) is 0.723. The molecule has 126 valence electrons. The highest BCUT2D eigenvalue weighted by atomic mass is 35.5. The van der Waals surface area contributed by atoms with Crippen LogP contribution in [0, 0.1) is 0 Å². The lowest BCUT2D eigenvalue weighted by molar-refractivity contribution is -0.122. The van der Waals surface area contributed by atoms with E-state index in [0.717, 1.165) is 23.0 Å². The second kappa shape index (κ2) is 6.22. The first-order valence-corrected chi connectivity index (χ1v) is 8.28. The van der Waals surface area contributed by atoms with Gasteiger partial charge in [0, 0.05) is 28.6 Å². The zero-order valence-corrected chi connectivity index (χ0v) is 13.9. The lowest BCUT2D eigenvalue weighted by Crippen LogP contribution is -2.52. The SMILES string of the molecule is O=C(NC1C=C2N=CCC=CC2NC1=O)c1cc2cc(Cl)ccc2[nH]1. The number of allylic oxidation sites excluding steroid dienone is 1. The molecular weight excluding hydrogens is 340 g/mol. The molecule has 2 aliphatic heterocycles. The van der Waals surface area contributed by atoms with E-state index in [4.69, 9.17) is 11.6 Å². The van der Waals surface area contributed by atoms with Crippen LogP contribution in [0.4, 0.5) is 0 Å². The molecule has 3 N–H and O–H groups in total. The number of rotatable bonds is 2. The summed E-state index contributed by atoms with van der Waals surface area (Å²) in [6.07, 6.45) is 8.03. The maximum Gasteiger partial charge on any atom is 0.268 e. The van der Waals surface area contributed by atoms with E-state index in [-0.39, 0.29) is 17.9 Å². The Morgan fingerprint density at radius 1 is 1.32 bits per heavy atom. The van der Waals surface area contributed by atoms with Gasteiger partial charge in [0.15, 0.2) is 0 Å². The number of H-pyrrole nitrogens is 1. The molecule has 2 aliphatic rings. The molecule has 0 radical (unpaired) electrons. The van der Waals surface area contributed by atoms with E-state index in [1.54, 1.807) is 36.6 Å². The first-order valence-electron chi connectivity index (χ1n) is 7.90. The standard InChI is InChI=1S/C18H15ClN4O2/c19-11-4-5-12-10(7-11)8-15(21-12)17(24)23-16-9-14-13(22-18(16)25)3-1-2-6-20-14/h1,3-9,13,16,21H,2H2,(H,22,25)(H,23,24). The summed E-state index contributed by atoms with van der Waals surface area (Å²) >= 11 is 5.97. The number of amides is 2. The molecular formula is C18H15ClN4O2. The fourth-order valence-corrected chi connectivity index (χ4v) is 3.10. The van der Waals surface area contributed by atoms with Gasteiger partial charge < -0.3 is 15.6 Å². The Labute approximate surface area is 148 Å². The third kappa shape index (κ3) is 3.08. The van der Waals surface area contributed by atoms with Crippen LogP contribution in [0.15, 0.2) is 53.2 Å². The maximum absolute atomic E-state index is 12.5. The Morgan fingerprint density at radius 3 is 3.08 bits per heavy atom. The predicted octanol–water partition coefficient (Wildman–Crippen LogP) is 2.33. The van der Waals surface area contributed by atoms with Crippen molar-refractivity contribution in [2.75, 3.05) is 0 Å². The van der Waals surface area contributed by atoms with Crippen LogP contribution in [0.25, 0.3) is 10.9 Å².